The van der Waals surface area contributed by atoms with E-state index in [1.165, 1.54) is 0 Å². The van der Waals surface area contributed by atoms with Crippen molar-refractivity contribution in [3.63, 3.8) is 0 Å². The molecule has 118 valence electrons. The van der Waals surface area contributed by atoms with E-state index in [4.69, 9.17) is 0 Å². The van der Waals surface area contributed by atoms with Crippen LogP contribution in [0, 0.1) is 0 Å². The molecule has 1 amide bonds. The van der Waals surface area contributed by atoms with Crippen LogP contribution in [0.1, 0.15) is 25.6 Å². The molecule has 0 spiro atoms. The number of carbonyl (C=O) groups excluding carboxylic acids is 1. The van der Waals surface area contributed by atoms with Crippen LogP contribution in [0.5, 0.6) is 0 Å². The fourth-order valence-electron chi connectivity index (χ4n) is 2.39. The molecule has 1 heterocycles. The molecule has 2 aromatic rings. The molecule has 5 heteroatoms. The molecule has 22 heavy (non-hydrogen) atoms. The van der Waals surface area contributed by atoms with Crippen molar-refractivity contribution in [3.8, 4) is 0 Å². The molecule has 0 fully saturated rings. The topological polar surface area (TPSA) is 67.2 Å². The monoisotopic (exact) mass is 301 g/mol. The number of nitrogens with zero attached hydrogens (tertiary/aromatic N) is 2. The van der Waals surface area contributed by atoms with Crippen molar-refractivity contribution in [3.05, 3.63) is 42.7 Å². The Kier molecular flexibility index (Phi) is 5.72. The molecule has 5 nitrogen and oxygen atoms in total. The van der Waals surface area contributed by atoms with Crippen molar-refractivity contribution >= 4 is 16.9 Å². The van der Waals surface area contributed by atoms with E-state index in [0.717, 1.165) is 16.9 Å². The zero-order chi connectivity index (χ0) is 15.9. The number of para-hydroxylation sites is 2. The molecule has 0 aliphatic heterocycles. The number of nitrogens with one attached hydrogen (secondary N) is 1. The molecule has 0 radical (unpaired) electrons. The summed E-state index contributed by atoms with van der Waals surface area (Å²) in [6, 6.07) is 7.98. The molecule has 0 aliphatic carbocycles. The van der Waals surface area contributed by atoms with Gasteiger partial charge in [-0.2, -0.15) is 0 Å². The lowest BCUT2D eigenvalue weighted by Crippen LogP contribution is -2.27. The Hall–Kier alpha value is -2.14. The second-order valence-corrected chi connectivity index (χ2v) is 5.40. The van der Waals surface area contributed by atoms with Gasteiger partial charge >= 0.3 is 0 Å². The fourth-order valence-corrected chi connectivity index (χ4v) is 2.39. The zero-order valence-corrected chi connectivity index (χ0v) is 13.0. The first-order valence-electron chi connectivity index (χ1n) is 7.61. The second-order valence-electron chi connectivity index (χ2n) is 5.40. The van der Waals surface area contributed by atoms with E-state index in [2.05, 4.69) is 21.4 Å². The van der Waals surface area contributed by atoms with Crippen molar-refractivity contribution in [2.24, 2.45) is 0 Å². The Morgan fingerprint density at radius 3 is 3.00 bits per heavy atom. The average molecular weight is 301 g/mol. The maximum atomic E-state index is 11.7. The maximum absolute atomic E-state index is 11.7. The van der Waals surface area contributed by atoms with E-state index in [0.29, 0.717) is 32.4 Å². The fraction of sp³-hybridized carbons (Fsp3) is 0.412. The molecule has 2 rings (SSSR count). The summed E-state index contributed by atoms with van der Waals surface area (Å²) >= 11 is 0. The van der Waals surface area contributed by atoms with Crippen LogP contribution in [-0.4, -0.2) is 33.2 Å². The van der Waals surface area contributed by atoms with Crippen molar-refractivity contribution < 1.29 is 9.90 Å². The lowest BCUT2D eigenvalue weighted by Gasteiger charge is -2.08. The molecule has 1 aromatic carbocycles. The number of hydrogen-bond donors (Lipinski definition) is 2. The molecule has 0 bridgehead atoms. The minimum Gasteiger partial charge on any atom is -0.393 e. The van der Waals surface area contributed by atoms with E-state index >= 15 is 0 Å². The van der Waals surface area contributed by atoms with Gasteiger partial charge in [-0.05, 0) is 25.5 Å². The van der Waals surface area contributed by atoms with Gasteiger partial charge in [0.05, 0.1) is 17.1 Å². The minimum atomic E-state index is -0.442. The first-order chi connectivity index (χ1) is 10.6. The first-order valence-corrected chi connectivity index (χ1v) is 7.61. The van der Waals surface area contributed by atoms with Gasteiger partial charge < -0.3 is 15.0 Å². The quantitative estimate of drug-likeness (QED) is 0.733. The second kappa shape index (κ2) is 7.75. The van der Waals surface area contributed by atoms with E-state index in [-0.39, 0.29) is 5.91 Å². The summed E-state index contributed by atoms with van der Waals surface area (Å²) in [6.07, 6.45) is 2.91. The largest absolute Gasteiger partial charge is 0.393 e. The van der Waals surface area contributed by atoms with Gasteiger partial charge in [-0.3, -0.25) is 4.79 Å². The van der Waals surface area contributed by atoms with E-state index < -0.39 is 6.10 Å². The standard InChI is InChI=1S/C17H23N3O2/c1-3-12-20-15-7-5-4-6-14(15)19-16(20)10-11-18-17(22)9-8-13(2)21/h3-7,13,21H,1,8-12H2,2H3,(H,18,22)/t13-/m1/s1. The number of imidazole rings is 1. The number of rotatable bonds is 8. The number of allylic oxidation sites excluding steroid dienone is 1. The van der Waals surface area contributed by atoms with Gasteiger partial charge in [-0.15, -0.1) is 6.58 Å². The normalized spacial score (nSPS) is 12.3. The Morgan fingerprint density at radius 2 is 2.27 bits per heavy atom. The number of benzene rings is 1. The lowest BCUT2D eigenvalue weighted by atomic mass is 10.2. The molecule has 2 N–H and O–H groups in total. The lowest BCUT2D eigenvalue weighted by molar-refractivity contribution is -0.121. The molecule has 1 aromatic heterocycles. The van der Waals surface area contributed by atoms with Gasteiger partial charge in [0, 0.05) is 25.9 Å². The Morgan fingerprint density at radius 1 is 1.50 bits per heavy atom. The average Bonchev–Trinajstić information content (AvgIpc) is 2.84. The van der Waals surface area contributed by atoms with Crippen molar-refractivity contribution in [2.75, 3.05) is 6.54 Å². The predicted octanol–water partition coefficient (Wildman–Crippen LogP) is 2.04. The Bertz CT molecular complexity index is 646. The summed E-state index contributed by atoms with van der Waals surface area (Å²) in [5, 5.41) is 12.0. The number of aliphatic hydroxyl groups excluding tert-OH is 1. The number of carbonyl (C=O) groups is 1. The minimum absolute atomic E-state index is 0.0349. The molecule has 0 unspecified atom stereocenters. The van der Waals surface area contributed by atoms with Crippen LogP contribution in [0.4, 0.5) is 0 Å². The number of amides is 1. The van der Waals surface area contributed by atoms with Gasteiger partial charge in [-0.25, -0.2) is 4.98 Å². The number of fused-ring (bicyclic) bond motifs is 1. The van der Waals surface area contributed by atoms with E-state index in [1.807, 2.05) is 30.3 Å². The number of aliphatic hydroxyl groups is 1. The molecule has 0 saturated carbocycles. The van der Waals surface area contributed by atoms with E-state index in [1.54, 1.807) is 6.92 Å². The first kappa shape index (κ1) is 16.2. The summed E-state index contributed by atoms with van der Waals surface area (Å²) < 4.78 is 2.12. The summed E-state index contributed by atoms with van der Waals surface area (Å²) in [4.78, 5) is 16.3. The smallest absolute Gasteiger partial charge is 0.220 e. The van der Waals surface area contributed by atoms with Gasteiger partial charge in [-0.1, -0.05) is 18.2 Å². The summed E-state index contributed by atoms with van der Waals surface area (Å²) in [5.74, 6) is 0.907. The van der Waals surface area contributed by atoms with Crippen LogP contribution in [0.2, 0.25) is 0 Å². The third kappa shape index (κ3) is 4.18. The molecular weight excluding hydrogens is 278 g/mol. The van der Waals surface area contributed by atoms with Crippen LogP contribution in [-0.2, 0) is 17.8 Å². The molecular formula is C17H23N3O2. The van der Waals surface area contributed by atoms with Gasteiger partial charge in [0.25, 0.3) is 0 Å². The maximum Gasteiger partial charge on any atom is 0.220 e. The molecule has 0 aliphatic rings. The van der Waals surface area contributed by atoms with Crippen molar-refractivity contribution in [1.29, 1.82) is 0 Å². The number of aromatic nitrogens is 2. The van der Waals surface area contributed by atoms with Crippen LogP contribution >= 0.6 is 0 Å². The molecule has 1 atom stereocenters. The summed E-state index contributed by atoms with van der Waals surface area (Å²) in [6.45, 7) is 6.72. The van der Waals surface area contributed by atoms with Gasteiger partial charge in [0.1, 0.15) is 5.82 Å². The Balaban J connectivity index is 1.97. The highest BCUT2D eigenvalue weighted by Gasteiger charge is 2.10. The predicted molar refractivity (Wildman–Crippen MR) is 87.6 cm³/mol. The third-order valence-electron chi connectivity index (χ3n) is 3.51. The van der Waals surface area contributed by atoms with Gasteiger partial charge in [0.2, 0.25) is 5.91 Å². The highest BCUT2D eigenvalue weighted by molar-refractivity contribution is 5.76. The molecule has 0 saturated heterocycles. The van der Waals surface area contributed by atoms with Crippen molar-refractivity contribution in [1.82, 2.24) is 14.9 Å². The summed E-state index contributed by atoms with van der Waals surface area (Å²) in [7, 11) is 0. The van der Waals surface area contributed by atoms with Crippen LogP contribution in [0.25, 0.3) is 11.0 Å². The third-order valence-corrected chi connectivity index (χ3v) is 3.51. The van der Waals surface area contributed by atoms with Crippen LogP contribution < -0.4 is 5.32 Å². The number of hydrogen-bond acceptors (Lipinski definition) is 3. The van der Waals surface area contributed by atoms with Crippen molar-refractivity contribution in [2.45, 2.75) is 38.8 Å². The van der Waals surface area contributed by atoms with Gasteiger partial charge in [0.15, 0.2) is 0 Å². The highest BCUT2D eigenvalue weighted by atomic mass is 16.3. The zero-order valence-electron chi connectivity index (χ0n) is 13.0. The summed E-state index contributed by atoms with van der Waals surface area (Å²) in [5.41, 5.74) is 2.04. The van der Waals surface area contributed by atoms with E-state index in [9.17, 15) is 9.90 Å². The van der Waals surface area contributed by atoms with Crippen LogP contribution in [0.15, 0.2) is 36.9 Å². The Labute approximate surface area is 130 Å². The highest BCUT2D eigenvalue weighted by Crippen LogP contribution is 2.16. The SMILES string of the molecule is C=CCn1c(CCNC(=O)CC[C@@H](C)O)nc2ccccc21. The van der Waals surface area contributed by atoms with Crippen LogP contribution in [0.3, 0.4) is 0 Å².